The van der Waals surface area contributed by atoms with Gasteiger partial charge in [-0.3, -0.25) is 0 Å². The van der Waals surface area contributed by atoms with Crippen LogP contribution in [0.25, 0.3) is 11.0 Å². The van der Waals surface area contributed by atoms with Crippen molar-refractivity contribution in [3.8, 4) is 0 Å². The summed E-state index contributed by atoms with van der Waals surface area (Å²) in [6.45, 7) is 7.31. The molecule has 0 unspecified atom stereocenters. The van der Waals surface area contributed by atoms with Crippen LogP contribution in [-0.2, 0) is 6.54 Å². The molecule has 0 saturated heterocycles. The Hall–Kier alpha value is -1.28. The van der Waals surface area contributed by atoms with Gasteiger partial charge in [-0.15, -0.1) is 0 Å². The van der Waals surface area contributed by atoms with Crippen molar-refractivity contribution >= 4 is 11.0 Å². The third kappa shape index (κ3) is 1.74. The summed E-state index contributed by atoms with van der Waals surface area (Å²) in [5.41, 5.74) is 3.61. The molecule has 86 valence electrons. The molecule has 0 amide bonds. The minimum Gasteiger partial charge on any atom is -0.459 e. The van der Waals surface area contributed by atoms with Crippen LogP contribution >= 0.6 is 0 Å². The van der Waals surface area contributed by atoms with E-state index in [9.17, 15) is 0 Å². The summed E-state index contributed by atoms with van der Waals surface area (Å²) < 4.78 is 5.97. The van der Waals surface area contributed by atoms with Crippen molar-refractivity contribution in [2.75, 3.05) is 7.05 Å². The van der Waals surface area contributed by atoms with Crippen LogP contribution in [0.5, 0.6) is 0 Å². The molecule has 0 atom stereocenters. The fourth-order valence-electron chi connectivity index (χ4n) is 2.10. The van der Waals surface area contributed by atoms with E-state index < -0.39 is 0 Å². The van der Waals surface area contributed by atoms with Crippen molar-refractivity contribution < 1.29 is 4.42 Å². The van der Waals surface area contributed by atoms with Crippen LogP contribution in [0.3, 0.4) is 0 Å². The van der Waals surface area contributed by atoms with Gasteiger partial charge in [0.1, 0.15) is 11.3 Å². The largest absolute Gasteiger partial charge is 0.459 e. The molecule has 1 aromatic heterocycles. The number of aryl methyl sites for hydroxylation is 1. The highest BCUT2D eigenvalue weighted by molar-refractivity contribution is 5.85. The van der Waals surface area contributed by atoms with Crippen molar-refractivity contribution in [2.45, 2.75) is 33.2 Å². The first-order valence-electron chi connectivity index (χ1n) is 5.80. The fraction of sp³-hybridized carbons (Fsp3) is 0.429. The number of nitrogens with one attached hydrogen (secondary N) is 1. The van der Waals surface area contributed by atoms with Crippen LogP contribution < -0.4 is 5.32 Å². The molecule has 0 saturated carbocycles. The third-order valence-electron chi connectivity index (χ3n) is 3.05. The lowest BCUT2D eigenvalue weighted by atomic mass is 10.00. The lowest BCUT2D eigenvalue weighted by Gasteiger charge is -2.04. The zero-order valence-corrected chi connectivity index (χ0v) is 10.4. The maximum atomic E-state index is 5.97. The average molecular weight is 217 g/mol. The molecule has 2 aromatic rings. The molecule has 0 fully saturated rings. The topological polar surface area (TPSA) is 25.2 Å². The van der Waals surface area contributed by atoms with Gasteiger partial charge in [-0.2, -0.15) is 0 Å². The summed E-state index contributed by atoms with van der Waals surface area (Å²) in [6, 6.07) is 6.40. The van der Waals surface area contributed by atoms with Crippen LogP contribution in [0, 0.1) is 6.92 Å². The molecule has 0 spiro atoms. The zero-order chi connectivity index (χ0) is 11.7. The molecular formula is C14H19NO. The predicted molar refractivity (Wildman–Crippen MR) is 67.8 cm³/mol. The molecular weight excluding hydrogens is 198 g/mol. The minimum absolute atomic E-state index is 0.497. The van der Waals surface area contributed by atoms with Crippen LogP contribution in [0.2, 0.25) is 0 Å². The van der Waals surface area contributed by atoms with E-state index in [-0.39, 0.29) is 0 Å². The van der Waals surface area contributed by atoms with Crippen LogP contribution in [-0.4, -0.2) is 7.05 Å². The molecule has 1 aromatic carbocycles. The van der Waals surface area contributed by atoms with Crippen LogP contribution in [0.4, 0.5) is 0 Å². The number of furan rings is 1. The quantitative estimate of drug-likeness (QED) is 0.850. The molecule has 1 heterocycles. The van der Waals surface area contributed by atoms with Crippen LogP contribution in [0.15, 0.2) is 22.6 Å². The Morgan fingerprint density at radius 3 is 2.69 bits per heavy atom. The van der Waals surface area contributed by atoms with Gasteiger partial charge in [-0.25, -0.2) is 0 Å². The third-order valence-corrected chi connectivity index (χ3v) is 3.05. The van der Waals surface area contributed by atoms with Crippen LogP contribution in [0.1, 0.15) is 36.7 Å². The lowest BCUT2D eigenvalue weighted by Crippen LogP contribution is -2.04. The summed E-state index contributed by atoms with van der Waals surface area (Å²) in [5.74, 6) is 1.54. The monoisotopic (exact) mass is 217 g/mol. The Labute approximate surface area is 96.6 Å². The highest BCUT2D eigenvalue weighted by Gasteiger charge is 2.14. The summed E-state index contributed by atoms with van der Waals surface area (Å²) in [4.78, 5) is 0. The zero-order valence-electron chi connectivity index (χ0n) is 10.4. The maximum absolute atomic E-state index is 5.97. The molecule has 2 nitrogen and oxygen atoms in total. The van der Waals surface area contributed by atoms with E-state index in [4.69, 9.17) is 4.42 Å². The summed E-state index contributed by atoms with van der Waals surface area (Å²) in [5, 5.41) is 4.39. The van der Waals surface area contributed by atoms with Crippen molar-refractivity contribution in [1.82, 2.24) is 5.32 Å². The van der Waals surface area contributed by atoms with E-state index in [1.165, 1.54) is 16.5 Å². The second-order valence-electron chi connectivity index (χ2n) is 4.56. The van der Waals surface area contributed by atoms with E-state index in [1.807, 2.05) is 7.05 Å². The Balaban J connectivity index is 2.65. The van der Waals surface area contributed by atoms with Gasteiger partial charge in [0, 0.05) is 5.39 Å². The van der Waals surface area contributed by atoms with E-state index >= 15 is 0 Å². The van der Waals surface area contributed by atoms with Gasteiger partial charge in [0.05, 0.1) is 6.54 Å². The molecule has 2 heteroatoms. The SMILES string of the molecule is CNCc1oc2c(C(C)C)cccc2c1C. The first-order chi connectivity index (χ1) is 7.65. The second-order valence-corrected chi connectivity index (χ2v) is 4.56. The Morgan fingerprint density at radius 2 is 2.06 bits per heavy atom. The Bertz CT molecular complexity index is 497. The molecule has 0 aliphatic rings. The van der Waals surface area contributed by atoms with Gasteiger partial charge in [0.25, 0.3) is 0 Å². The highest BCUT2D eigenvalue weighted by atomic mass is 16.3. The van der Waals surface area contributed by atoms with Gasteiger partial charge in [0.2, 0.25) is 0 Å². The standard InChI is InChI=1S/C14H19NO/c1-9(2)11-6-5-7-12-10(3)13(8-15-4)16-14(11)12/h5-7,9,15H,8H2,1-4H3. The van der Waals surface area contributed by atoms with E-state index in [2.05, 4.69) is 44.3 Å². The summed E-state index contributed by atoms with van der Waals surface area (Å²) in [7, 11) is 1.94. The molecule has 0 aliphatic carbocycles. The lowest BCUT2D eigenvalue weighted by molar-refractivity contribution is 0.523. The summed E-state index contributed by atoms with van der Waals surface area (Å²) >= 11 is 0. The smallest absolute Gasteiger partial charge is 0.138 e. The van der Waals surface area contributed by atoms with Crippen molar-refractivity contribution in [1.29, 1.82) is 0 Å². The first-order valence-corrected chi connectivity index (χ1v) is 5.80. The van der Waals surface area contributed by atoms with Crippen molar-refractivity contribution in [2.24, 2.45) is 0 Å². The minimum atomic E-state index is 0.497. The van der Waals surface area contributed by atoms with E-state index in [0.717, 1.165) is 17.9 Å². The number of hydrogen-bond acceptors (Lipinski definition) is 2. The van der Waals surface area contributed by atoms with E-state index in [1.54, 1.807) is 0 Å². The van der Waals surface area contributed by atoms with Crippen molar-refractivity contribution in [3.63, 3.8) is 0 Å². The fourth-order valence-corrected chi connectivity index (χ4v) is 2.10. The van der Waals surface area contributed by atoms with Crippen molar-refractivity contribution in [3.05, 3.63) is 35.1 Å². The Kier molecular flexibility index (Phi) is 3.01. The number of benzene rings is 1. The van der Waals surface area contributed by atoms with Gasteiger partial charge >= 0.3 is 0 Å². The molecule has 16 heavy (non-hydrogen) atoms. The van der Waals surface area contributed by atoms with Gasteiger partial charge in [0.15, 0.2) is 0 Å². The van der Waals surface area contributed by atoms with Gasteiger partial charge in [-0.1, -0.05) is 32.0 Å². The average Bonchev–Trinajstić information content (AvgIpc) is 2.57. The summed E-state index contributed by atoms with van der Waals surface area (Å²) in [6.07, 6.45) is 0. The van der Waals surface area contributed by atoms with E-state index in [0.29, 0.717) is 5.92 Å². The first kappa shape index (κ1) is 11.2. The van der Waals surface area contributed by atoms with Gasteiger partial charge in [-0.05, 0) is 31.0 Å². The Morgan fingerprint density at radius 1 is 1.31 bits per heavy atom. The molecule has 0 bridgehead atoms. The second kappa shape index (κ2) is 4.30. The molecule has 1 N–H and O–H groups in total. The highest BCUT2D eigenvalue weighted by Crippen LogP contribution is 2.31. The molecule has 2 rings (SSSR count). The number of para-hydroxylation sites is 1. The number of fused-ring (bicyclic) bond motifs is 1. The predicted octanol–water partition coefficient (Wildman–Crippen LogP) is 3.58. The normalized spacial score (nSPS) is 11.6. The maximum Gasteiger partial charge on any atom is 0.138 e. The number of rotatable bonds is 3. The molecule has 0 aliphatic heterocycles. The van der Waals surface area contributed by atoms with Gasteiger partial charge < -0.3 is 9.73 Å². The molecule has 0 radical (unpaired) electrons. The number of hydrogen-bond donors (Lipinski definition) is 1.